The van der Waals surface area contributed by atoms with Crippen LogP contribution in [-0.2, 0) is 24.4 Å². The van der Waals surface area contributed by atoms with E-state index in [9.17, 15) is 13.2 Å². The second kappa shape index (κ2) is 22.2. The number of fused-ring (bicyclic) bond motifs is 1. The molecule has 0 radical (unpaired) electrons. The molecule has 10 heteroatoms. The summed E-state index contributed by atoms with van der Waals surface area (Å²) in [5.41, 5.74) is 5.51. The van der Waals surface area contributed by atoms with Gasteiger partial charge in [0.15, 0.2) is 11.5 Å². The van der Waals surface area contributed by atoms with Crippen molar-refractivity contribution in [1.29, 1.82) is 0 Å². The van der Waals surface area contributed by atoms with Crippen molar-refractivity contribution in [3.05, 3.63) is 108 Å². The number of unbranched alkanes of at least 4 members (excludes halogenated alkanes) is 1. The van der Waals surface area contributed by atoms with E-state index in [-0.39, 0.29) is 6.79 Å². The molecule has 1 aliphatic heterocycles. The van der Waals surface area contributed by atoms with E-state index in [0.29, 0.717) is 13.2 Å². The Labute approximate surface area is 301 Å². The Kier molecular flexibility index (Phi) is 17.7. The number of methoxy groups -OCH3 is 1. The number of imidazole rings is 1. The zero-order valence-corrected chi connectivity index (χ0v) is 30.7. The molecule has 5 rings (SSSR count). The summed E-state index contributed by atoms with van der Waals surface area (Å²) in [5, 5.41) is 0. The molecule has 0 aliphatic carbocycles. The minimum absolute atomic E-state index is 0.265. The standard InChI is InChI=1S/C38H45N3O4.C2H6.CHF3/c1-5-8-23-41-34(37(31-17-12-18-33(25-31)42-4)39-38(41)30-15-10-9-11-16-30)27-40(22-13-19-32(14-6-2)43-7-3)26-29-20-21-35-36(24-29)45-28-44-35;1-2;2-1(3)4/h6,9-12,14-21,24-25H,5,7-8,13,22-23,26-28H2,1-4H3;1-2H3;1H/b14-6-,32-19+;;. The van der Waals surface area contributed by atoms with Gasteiger partial charge in [0.05, 0.1) is 25.1 Å². The van der Waals surface area contributed by atoms with Crippen LogP contribution in [0.1, 0.15) is 65.1 Å². The van der Waals surface area contributed by atoms with Crippen LogP contribution >= 0.6 is 0 Å². The molecule has 3 aromatic carbocycles. The predicted octanol–water partition coefficient (Wildman–Crippen LogP) is 10.8. The van der Waals surface area contributed by atoms with Crippen LogP contribution in [0.3, 0.4) is 0 Å². The molecule has 276 valence electrons. The normalized spacial score (nSPS) is 12.1. The molecule has 0 N–H and O–H groups in total. The van der Waals surface area contributed by atoms with Gasteiger partial charge < -0.3 is 23.5 Å². The molecule has 0 unspecified atom stereocenters. The highest BCUT2D eigenvalue weighted by Crippen LogP contribution is 2.35. The van der Waals surface area contributed by atoms with Crippen molar-refractivity contribution >= 4 is 0 Å². The predicted molar refractivity (Wildman–Crippen MR) is 199 cm³/mol. The largest absolute Gasteiger partial charge is 0.497 e. The Morgan fingerprint density at radius 1 is 0.941 bits per heavy atom. The number of hydrogen-bond donors (Lipinski definition) is 0. The molecule has 0 bridgehead atoms. The highest BCUT2D eigenvalue weighted by atomic mass is 19.4. The minimum atomic E-state index is -3.67. The van der Waals surface area contributed by atoms with Crippen LogP contribution in [0.5, 0.6) is 17.2 Å². The van der Waals surface area contributed by atoms with Crippen molar-refractivity contribution in [2.45, 2.75) is 80.2 Å². The van der Waals surface area contributed by atoms with Crippen molar-refractivity contribution in [2.24, 2.45) is 0 Å². The van der Waals surface area contributed by atoms with E-state index < -0.39 is 6.68 Å². The molecule has 1 aromatic heterocycles. The number of aromatic nitrogens is 2. The Bertz CT molecular complexity index is 1650. The number of allylic oxidation sites excluding steroid dienone is 2. The number of halogens is 3. The topological polar surface area (TPSA) is 58.0 Å². The van der Waals surface area contributed by atoms with Gasteiger partial charge in [-0.2, -0.15) is 13.2 Å². The lowest BCUT2D eigenvalue weighted by Gasteiger charge is -2.24. The van der Waals surface area contributed by atoms with Crippen LogP contribution < -0.4 is 14.2 Å². The van der Waals surface area contributed by atoms with Gasteiger partial charge in [0.25, 0.3) is 0 Å². The first-order valence-corrected chi connectivity index (χ1v) is 17.6. The number of alkyl halides is 3. The van der Waals surface area contributed by atoms with E-state index in [1.54, 1.807) is 7.11 Å². The molecule has 0 fully saturated rings. The molecule has 2 heterocycles. The first kappa shape index (κ1) is 40.7. The first-order valence-electron chi connectivity index (χ1n) is 17.6. The highest BCUT2D eigenvalue weighted by molar-refractivity contribution is 5.69. The zero-order valence-electron chi connectivity index (χ0n) is 30.7. The van der Waals surface area contributed by atoms with Crippen molar-refractivity contribution in [1.82, 2.24) is 14.5 Å². The molecule has 0 saturated carbocycles. The summed E-state index contributed by atoms with van der Waals surface area (Å²) in [6, 6.07) is 25.0. The lowest BCUT2D eigenvalue weighted by molar-refractivity contribution is 0.00818. The maximum atomic E-state index is 9.67. The monoisotopic (exact) mass is 707 g/mol. The summed E-state index contributed by atoms with van der Waals surface area (Å²) in [6.07, 6.45) is 9.22. The van der Waals surface area contributed by atoms with E-state index in [1.165, 1.54) is 11.3 Å². The van der Waals surface area contributed by atoms with Gasteiger partial charge in [-0.3, -0.25) is 4.90 Å². The summed E-state index contributed by atoms with van der Waals surface area (Å²) in [5.74, 6) is 4.31. The second-order valence-electron chi connectivity index (χ2n) is 11.3. The smallest absolute Gasteiger partial charge is 0.379 e. The molecular weight excluding hydrogens is 655 g/mol. The van der Waals surface area contributed by atoms with Crippen LogP contribution in [-0.4, -0.2) is 48.2 Å². The summed E-state index contributed by atoms with van der Waals surface area (Å²) >= 11 is 0. The van der Waals surface area contributed by atoms with Gasteiger partial charge in [0, 0.05) is 37.3 Å². The Balaban J connectivity index is 0.00000109. The average Bonchev–Trinajstić information content (AvgIpc) is 3.76. The van der Waals surface area contributed by atoms with E-state index in [4.69, 9.17) is 23.9 Å². The Morgan fingerprint density at radius 2 is 1.67 bits per heavy atom. The summed E-state index contributed by atoms with van der Waals surface area (Å²) in [6.45, 7) is 10.7. The molecule has 7 nitrogen and oxygen atoms in total. The highest BCUT2D eigenvalue weighted by Gasteiger charge is 2.23. The minimum Gasteiger partial charge on any atom is -0.497 e. The van der Waals surface area contributed by atoms with Crippen molar-refractivity contribution < 1.29 is 32.1 Å². The maximum Gasteiger partial charge on any atom is 0.379 e. The molecule has 1 aliphatic rings. The van der Waals surface area contributed by atoms with Gasteiger partial charge in [-0.1, -0.05) is 81.8 Å². The van der Waals surface area contributed by atoms with Gasteiger partial charge in [-0.15, -0.1) is 0 Å². The number of nitrogens with zero attached hydrogens (tertiary/aromatic N) is 3. The second-order valence-corrected chi connectivity index (χ2v) is 11.3. The third-order valence-corrected chi connectivity index (χ3v) is 7.83. The van der Waals surface area contributed by atoms with E-state index in [2.05, 4.69) is 77.1 Å². The maximum absolute atomic E-state index is 9.67. The molecule has 0 saturated heterocycles. The van der Waals surface area contributed by atoms with Gasteiger partial charge >= 0.3 is 6.68 Å². The number of hydrogen-bond acceptors (Lipinski definition) is 6. The zero-order chi connectivity index (χ0) is 37.0. The SMILES string of the molecule is C/C=C\C(=C/CCN(Cc1ccc2c(c1)OCO2)Cc1c(-c2cccc(OC)c2)nc(-c2ccccc2)n1CCCC)OCC.CC.FC(F)F. The van der Waals surface area contributed by atoms with Crippen LogP contribution in [0.4, 0.5) is 13.2 Å². The fraction of sp³-hybridized carbons (Fsp3) is 0.390. The van der Waals surface area contributed by atoms with Crippen LogP contribution in [0, 0.1) is 0 Å². The molecule has 0 atom stereocenters. The fourth-order valence-corrected chi connectivity index (χ4v) is 5.63. The molecule has 51 heavy (non-hydrogen) atoms. The van der Waals surface area contributed by atoms with Crippen LogP contribution in [0.25, 0.3) is 22.6 Å². The lowest BCUT2D eigenvalue weighted by Crippen LogP contribution is -2.26. The van der Waals surface area contributed by atoms with Gasteiger partial charge in [-0.25, -0.2) is 4.98 Å². The average molecular weight is 708 g/mol. The fourth-order valence-electron chi connectivity index (χ4n) is 5.63. The van der Waals surface area contributed by atoms with Crippen LogP contribution in [0.2, 0.25) is 0 Å². The first-order chi connectivity index (χ1) is 24.9. The van der Waals surface area contributed by atoms with Gasteiger partial charge in [0.1, 0.15) is 17.3 Å². The van der Waals surface area contributed by atoms with E-state index in [1.807, 2.05) is 58.0 Å². The van der Waals surface area contributed by atoms with Crippen molar-refractivity contribution in [3.8, 4) is 39.9 Å². The number of rotatable bonds is 16. The quantitative estimate of drug-likeness (QED) is 0.0853. The van der Waals surface area contributed by atoms with Gasteiger partial charge in [-0.05, 0) is 68.7 Å². The molecular formula is C41H52F3N3O4. The molecule has 0 amide bonds. The summed E-state index contributed by atoms with van der Waals surface area (Å²) in [4.78, 5) is 7.84. The number of ether oxygens (including phenoxy) is 4. The van der Waals surface area contributed by atoms with Crippen molar-refractivity contribution in [2.75, 3.05) is 27.1 Å². The molecule has 4 aromatic rings. The van der Waals surface area contributed by atoms with E-state index in [0.717, 1.165) is 84.5 Å². The van der Waals surface area contributed by atoms with Crippen LogP contribution in [0.15, 0.2) is 96.8 Å². The lowest BCUT2D eigenvalue weighted by atomic mass is 10.1. The summed E-state index contributed by atoms with van der Waals surface area (Å²) in [7, 11) is 1.71. The third-order valence-electron chi connectivity index (χ3n) is 7.83. The Morgan fingerprint density at radius 3 is 2.35 bits per heavy atom. The van der Waals surface area contributed by atoms with Crippen molar-refractivity contribution in [3.63, 3.8) is 0 Å². The number of benzene rings is 3. The van der Waals surface area contributed by atoms with E-state index >= 15 is 0 Å². The summed E-state index contributed by atoms with van der Waals surface area (Å²) < 4.78 is 54.2. The van der Waals surface area contributed by atoms with Gasteiger partial charge in [0.2, 0.25) is 6.79 Å². The Hall–Kier alpha value is -4.70. The third kappa shape index (κ3) is 12.5. The molecule has 0 spiro atoms.